The van der Waals surface area contributed by atoms with E-state index in [9.17, 15) is 0 Å². The summed E-state index contributed by atoms with van der Waals surface area (Å²) >= 11 is 0. The molecule has 1 aromatic rings. The highest BCUT2D eigenvalue weighted by molar-refractivity contribution is 14.0. The fraction of sp³-hybridized carbons (Fsp3) is 0.500. The SMILES string of the molecule is C=CCNC(=NC)NCCN1CCc2cc(OC)c(OC)cc2C1.I. The van der Waals surface area contributed by atoms with Crippen molar-refractivity contribution in [3.8, 4) is 11.5 Å². The molecule has 140 valence electrons. The van der Waals surface area contributed by atoms with Crippen molar-refractivity contribution in [2.75, 3.05) is 47.4 Å². The van der Waals surface area contributed by atoms with Crippen LogP contribution in [-0.2, 0) is 13.0 Å². The van der Waals surface area contributed by atoms with Crippen LogP contribution in [0.2, 0.25) is 0 Å². The Kier molecular flexibility index (Phi) is 9.66. The molecule has 1 aromatic carbocycles. The van der Waals surface area contributed by atoms with Crippen LogP contribution in [0, 0.1) is 0 Å². The van der Waals surface area contributed by atoms with Crippen molar-refractivity contribution >= 4 is 29.9 Å². The largest absolute Gasteiger partial charge is 0.493 e. The molecule has 0 saturated heterocycles. The first-order valence-electron chi connectivity index (χ1n) is 8.23. The Labute approximate surface area is 167 Å². The second-order valence-electron chi connectivity index (χ2n) is 5.67. The van der Waals surface area contributed by atoms with Crippen LogP contribution in [-0.4, -0.2) is 58.3 Å². The smallest absolute Gasteiger partial charge is 0.191 e. The maximum atomic E-state index is 5.41. The summed E-state index contributed by atoms with van der Waals surface area (Å²) in [5.74, 6) is 2.41. The first-order chi connectivity index (χ1) is 11.7. The first-order valence-corrected chi connectivity index (χ1v) is 8.23. The predicted octanol–water partition coefficient (Wildman–Crippen LogP) is 2.03. The molecule has 0 amide bonds. The Morgan fingerprint density at radius 3 is 2.52 bits per heavy atom. The summed E-state index contributed by atoms with van der Waals surface area (Å²) < 4.78 is 10.8. The Hall–Kier alpha value is -1.48. The van der Waals surface area contributed by atoms with E-state index in [0.29, 0.717) is 6.54 Å². The molecule has 0 bridgehead atoms. The van der Waals surface area contributed by atoms with Crippen LogP contribution in [0.15, 0.2) is 29.8 Å². The lowest BCUT2D eigenvalue weighted by Gasteiger charge is -2.29. The molecule has 2 rings (SSSR count). The fourth-order valence-electron chi connectivity index (χ4n) is 2.85. The van der Waals surface area contributed by atoms with Gasteiger partial charge >= 0.3 is 0 Å². The van der Waals surface area contributed by atoms with E-state index >= 15 is 0 Å². The van der Waals surface area contributed by atoms with Gasteiger partial charge in [-0.15, -0.1) is 30.6 Å². The summed E-state index contributed by atoms with van der Waals surface area (Å²) in [5.41, 5.74) is 2.66. The van der Waals surface area contributed by atoms with E-state index in [0.717, 1.165) is 50.1 Å². The monoisotopic (exact) mass is 460 g/mol. The van der Waals surface area contributed by atoms with Crippen molar-refractivity contribution in [3.05, 3.63) is 35.9 Å². The topological polar surface area (TPSA) is 58.1 Å². The van der Waals surface area contributed by atoms with E-state index in [1.165, 1.54) is 11.1 Å². The minimum Gasteiger partial charge on any atom is -0.493 e. The van der Waals surface area contributed by atoms with Crippen molar-refractivity contribution < 1.29 is 9.47 Å². The average molecular weight is 460 g/mol. The van der Waals surface area contributed by atoms with Gasteiger partial charge in [-0.3, -0.25) is 9.89 Å². The number of hydrogen-bond donors (Lipinski definition) is 2. The number of fused-ring (bicyclic) bond motifs is 1. The molecule has 0 unspecified atom stereocenters. The zero-order valence-electron chi connectivity index (χ0n) is 15.3. The Balaban J connectivity index is 0.00000312. The molecule has 0 spiro atoms. The van der Waals surface area contributed by atoms with Crippen molar-refractivity contribution in [2.24, 2.45) is 4.99 Å². The fourth-order valence-corrected chi connectivity index (χ4v) is 2.85. The standard InChI is InChI=1S/C18H28N4O2.HI/c1-5-7-20-18(19-2)21-8-10-22-9-6-14-11-16(23-3)17(24-4)12-15(14)13-22;/h5,11-12H,1,6-10,13H2,2-4H3,(H2,19,20,21);1H. The molecule has 2 N–H and O–H groups in total. The first kappa shape index (κ1) is 21.6. The van der Waals surface area contributed by atoms with Gasteiger partial charge in [0, 0.05) is 39.8 Å². The Bertz CT molecular complexity index is 593. The van der Waals surface area contributed by atoms with Crippen LogP contribution in [0.4, 0.5) is 0 Å². The van der Waals surface area contributed by atoms with Crippen LogP contribution in [0.3, 0.4) is 0 Å². The lowest BCUT2D eigenvalue weighted by Crippen LogP contribution is -2.42. The summed E-state index contributed by atoms with van der Waals surface area (Å²) in [4.78, 5) is 6.62. The second-order valence-corrected chi connectivity index (χ2v) is 5.67. The molecule has 0 radical (unpaired) electrons. The van der Waals surface area contributed by atoms with E-state index in [4.69, 9.17) is 9.47 Å². The molecule has 0 aliphatic carbocycles. The van der Waals surface area contributed by atoms with Crippen molar-refractivity contribution in [2.45, 2.75) is 13.0 Å². The summed E-state index contributed by atoms with van der Waals surface area (Å²) in [5, 5.41) is 6.49. The van der Waals surface area contributed by atoms with Crippen LogP contribution in [0.5, 0.6) is 11.5 Å². The molecule has 1 heterocycles. The van der Waals surface area contributed by atoms with Crippen molar-refractivity contribution in [3.63, 3.8) is 0 Å². The third-order valence-corrected chi connectivity index (χ3v) is 4.16. The number of halogens is 1. The molecule has 0 fully saturated rings. The molecule has 1 aliphatic heterocycles. The number of aliphatic imine (C=N–C) groups is 1. The Morgan fingerprint density at radius 2 is 1.92 bits per heavy atom. The molecular formula is C18H29IN4O2. The highest BCUT2D eigenvalue weighted by atomic mass is 127. The van der Waals surface area contributed by atoms with Gasteiger partial charge in [0.2, 0.25) is 0 Å². The molecule has 6 nitrogen and oxygen atoms in total. The molecule has 0 saturated carbocycles. The highest BCUT2D eigenvalue weighted by Gasteiger charge is 2.19. The summed E-state index contributed by atoms with van der Waals surface area (Å²) in [6.45, 7) is 8.18. The van der Waals surface area contributed by atoms with Gasteiger partial charge in [0.1, 0.15) is 0 Å². The van der Waals surface area contributed by atoms with Gasteiger partial charge in [0.05, 0.1) is 14.2 Å². The minimum atomic E-state index is 0. The molecule has 0 atom stereocenters. The average Bonchev–Trinajstić information content (AvgIpc) is 2.63. The number of nitrogens with zero attached hydrogens (tertiary/aromatic N) is 2. The van der Waals surface area contributed by atoms with Gasteiger partial charge in [-0.25, -0.2) is 0 Å². The van der Waals surface area contributed by atoms with Gasteiger partial charge < -0.3 is 20.1 Å². The zero-order valence-corrected chi connectivity index (χ0v) is 17.6. The maximum absolute atomic E-state index is 5.41. The van der Waals surface area contributed by atoms with Gasteiger partial charge in [0.15, 0.2) is 17.5 Å². The van der Waals surface area contributed by atoms with E-state index in [1.807, 2.05) is 6.08 Å². The van der Waals surface area contributed by atoms with Crippen molar-refractivity contribution in [1.82, 2.24) is 15.5 Å². The minimum absolute atomic E-state index is 0. The quantitative estimate of drug-likeness (QED) is 0.282. The third-order valence-electron chi connectivity index (χ3n) is 4.16. The zero-order chi connectivity index (χ0) is 17.4. The van der Waals surface area contributed by atoms with Gasteiger partial charge in [-0.2, -0.15) is 0 Å². The maximum Gasteiger partial charge on any atom is 0.191 e. The summed E-state index contributed by atoms with van der Waals surface area (Å²) in [6.07, 6.45) is 2.84. The number of methoxy groups -OCH3 is 2. The number of nitrogens with one attached hydrogen (secondary N) is 2. The lowest BCUT2D eigenvalue weighted by molar-refractivity contribution is 0.256. The number of rotatable bonds is 7. The molecule has 25 heavy (non-hydrogen) atoms. The number of ether oxygens (including phenoxy) is 2. The van der Waals surface area contributed by atoms with Crippen LogP contribution in [0.1, 0.15) is 11.1 Å². The van der Waals surface area contributed by atoms with E-state index in [1.54, 1.807) is 21.3 Å². The Morgan fingerprint density at radius 1 is 1.24 bits per heavy atom. The normalized spacial score (nSPS) is 14.1. The van der Waals surface area contributed by atoms with E-state index in [-0.39, 0.29) is 24.0 Å². The molecule has 0 aromatic heterocycles. The highest BCUT2D eigenvalue weighted by Crippen LogP contribution is 2.33. The van der Waals surface area contributed by atoms with Gasteiger partial charge in [0.25, 0.3) is 0 Å². The number of benzene rings is 1. The molecule has 7 heteroatoms. The second kappa shape index (κ2) is 11.2. The molecular weight excluding hydrogens is 431 g/mol. The van der Waals surface area contributed by atoms with Crippen LogP contribution >= 0.6 is 24.0 Å². The van der Waals surface area contributed by atoms with Crippen LogP contribution < -0.4 is 20.1 Å². The summed E-state index contributed by atoms with van der Waals surface area (Å²) in [7, 11) is 5.13. The summed E-state index contributed by atoms with van der Waals surface area (Å²) in [6, 6.07) is 4.20. The third kappa shape index (κ3) is 6.07. The number of hydrogen-bond acceptors (Lipinski definition) is 4. The van der Waals surface area contributed by atoms with E-state index < -0.39 is 0 Å². The van der Waals surface area contributed by atoms with E-state index in [2.05, 4.69) is 39.2 Å². The van der Waals surface area contributed by atoms with Crippen LogP contribution in [0.25, 0.3) is 0 Å². The van der Waals surface area contributed by atoms with Crippen molar-refractivity contribution in [1.29, 1.82) is 0 Å². The van der Waals surface area contributed by atoms with Gasteiger partial charge in [-0.1, -0.05) is 6.08 Å². The lowest BCUT2D eigenvalue weighted by atomic mass is 9.99. The predicted molar refractivity (Wildman–Crippen MR) is 114 cm³/mol. The molecule has 1 aliphatic rings. The van der Waals surface area contributed by atoms with Gasteiger partial charge in [-0.05, 0) is 29.7 Å². The number of guanidine groups is 1.